The molecule has 1 aliphatic rings. The lowest BCUT2D eigenvalue weighted by Crippen LogP contribution is -2.59. The SMILES string of the molecule is CCCOCCN1CC(CC(C)C)NCC1C(C)CC. The molecule has 1 N–H and O–H groups in total. The van der Waals surface area contributed by atoms with Crippen LogP contribution in [-0.4, -0.2) is 49.8 Å². The van der Waals surface area contributed by atoms with Gasteiger partial charge in [-0.2, -0.15) is 0 Å². The van der Waals surface area contributed by atoms with Gasteiger partial charge in [0, 0.05) is 38.3 Å². The summed E-state index contributed by atoms with van der Waals surface area (Å²) in [5.74, 6) is 1.53. The van der Waals surface area contributed by atoms with Gasteiger partial charge in [0.15, 0.2) is 0 Å². The van der Waals surface area contributed by atoms with Crippen molar-refractivity contribution in [3.8, 4) is 0 Å². The minimum atomic E-state index is 0.654. The summed E-state index contributed by atoms with van der Waals surface area (Å²) in [7, 11) is 0. The predicted octanol–water partition coefficient (Wildman–Crippen LogP) is 3.15. The van der Waals surface area contributed by atoms with Gasteiger partial charge in [-0.1, -0.05) is 41.0 Å². The van der Waals surface area contributed by atoms with Crippen LogP contribution in [0.5, 0.6) is 0 Å². The van der Waals surface area contributed by atoms with Crippen molar-refractivity contribution in [2.24, 2.45) is 11.8 Å². The fourth-order valence-corrected chi connectivity index (χ4v) is 3.14. The van der Waals surface area contributed by atoms with Crippen LogP contribution < -0.4 is 5.32 Å². The summed E-state index contributed by atoms with van der Waals surface area (Å²) < 4.78 is 5.70. The third-order valence-electron chi connectivity index (χ3n) is 4.47. The summed E-state index contributed by atoms with van der Waals surface area (Å²) in [6.45, 7) is 16.7. The Morgan fingerprint density at radius 3 is 2.55 bits per heavy atom. The molecule has 3 unspecified atom stereocenters. The van der Waals surface area contributed by atoms with Crippen molar-refractivity contribution in [2.75, 3.05) is 32.8 Å². The van der Waals surface area contributed by atoms with E-state index in [1.165, 1.54) is 19.4 Å². The first-order chi connectivity index (χ1) is 9.58. The summed E-state index contributed by atoms with van der Waals surface area (Å²) in [6.07, 6.45) is 3.65. The molecule has 0 aromatic rings. The summed E-state index contributed by atoms with van der Waals surface area (Å²) >= 11 is 0. The van der Waals surface area contributed by atoms with E-state index in [0.717, 1.165) is 44.6 Å². The molecule has 1 saturated heterocycles. The van der Waals surface area contributed by atoms with E-state index in [1.807, 2.05) is 0 Å². The monoisotopic (exact) mass is 284 g/mol. The van der Waals surface area contributed by atoms with E-state index in [1.54, 1.807) is 0 Å². The van der Waals surface area contributed by atoms with Crippen molar-refractivity contribution in [3.63, 3.8) is 0 Å². The van der Waals surface area contributed by atoms with Gasteiger partial charge in [-0.3, -0.25) is 4.90 Å². The highest BCUT2D eigenvalue weighted by Crippen LogP contribution is 2.20. The number of nitrogens with zero attached hydrogens (tertiary/aromatic N) is 1. The molecule has 20 heavy (non-hydrogen) atoms. The fourth-order valence-electron chi connectivity index (χ4n) is 3.14. The van der Waals surface area contributed by atoms with Crippen LogP contribution in [0.2, 0.25) is 0 Å². The Morgan fingerprint density at radius 2 is 1.95 bits per heavy atom. The van der Waals surface area contributed by atoms with Crippen molar-refractivity contribution in [1.29, 1.82) is 0 Å². The Hall–Kier alpha value is -0.120. The topological polar surface area (TPSA) is 24.5 Å². The second-order valence-electron chi connectivity index (χ2n) is 6.79. The maximum absolute atomic E-state index is 5.70. The van der Waals surface area contributed by atoms with Gasteiger partial charge < -0.3 is 10.1 Å². The summed E-state index contributed by atoms with van der Waals surface area (Å²) in [5, 5.41) is 3.76. The number of nitrogens with one attached hydrogen (secondary N) is 1. The minimum Gasteiger partial charge on any atom is -0.380 e. The maximum atomic E-state index is 5.70. The van der Waals surface area contributed by atoms with Crippen LogP contribution in [0.25, 0.3) is 0 Å². The molecule has 0 radical (unpaired) electrons. The van der Waals surface area contributed by atoms with Crippen molar-refractivity contribution < 1.29 is 4.74 Å². The van der Waals surface area contributed by atoms with Crippen molar-refractivity contribution >= 4 is 0 Å². The molecule has 0 amide bonds. The van der Waals surface area contributed by atoms with E-state index < -0.39 is 0 Å². The minimum absolute atomic E-state index is 0.654. The van der Waals surface area contributed by atoms with Crippen LogP contribution in [0.4, 0.5) is 0 Å². The molecular weight excluding hydrogens is 248 g/mol. The number of hydrogen-bond acceptors (Lipinski definition) is 3. The second kappa shape index (κ2) is 9.75. The third-order valence-corrected chi connectivity index (χ3v) is 4.47. The van der Waals surface area contributed by atoms with Crippen LogP contribution in [0.15, 0.2) is 0 Å². The number of piperazine rings is 1. The fraction of sp³-hybridized carbons (Fsp3) is 1.00. The highest BCUT2D eigenvalue weighted by atomic mass is 16.5. The van der Waals surface area contributed by atoms with Gasteiger partial charge in [-0.05, 0) is 24.7 Å². The van der Waals surface area contributed by atoms with Gasteiger partial charge in [0.2, 0.25) is 0 Å². The Morgan fingerprint density at radius 1 is 1.20 bits per heavy atom. The summed E-state index contributed by atoms with van der Waals surface area (Å²) in [6, 6.07) is 1.33. The zero-order chi connectivity index (χ0) is 15.0. The molecule has 1 rings (SSSR count). The van der Waals surface area contributed by atoms with Gasteiger partial charge in [-0.25, -0.2) is 0 Å². The molecule has 3 nitrogen and oxygen atoms in total. The first kappa shape index (κ1) is 17.9. The normalized spacial score (nSPS) is 26.1. The molecule has 0 aliphatic carbocycles. The van der Waals surface area contributed by atoms with Crippen molar-refractivity contribution in [1.82, 2.24) is 10.2 Å². The van der Waals surface area contributed by atoms with E-state index >= 15 is 0 Å². The van der Waals surface area contributed by atoms with Gasteiger partial charge in [-0.15, -0.1) is 0 Å². The quantitative estimate of drug-likeness (QED) is 0.658. The first-order valence-corrected chi connectivity index (χ1v) is 8.63. The van der Waals surface area contributed by atoms with E-state index in [9.17, 15) is 0 Å². The zero-order valence-electron chi connectivity index (χ0n) is 14.3. The molecular formula is C17H36N2O. The van der Waals surface area contributed by atoms with Crippen LogP contribution in [0.1, 0.15) is 53.9 Å². The van der Waals surface area contributed by atoms with E-state index in [-0.39, 0.29) is 0 Å². The standard InChI is InChI=1S/C17H36N2O/c1-6-9-20-10-8-19-13-16(11-14(3)4)18-12-17(19)15(5)7-2/h14-18H,6-13H2,1-5H3. The lowest BCUT2D eigenvalue weighted by atomic mass is 9.92. The average Bonchev–Trinajstić information content (AvgIpc) is 2.42. The van der Waals surface area contributed by atoms with Crippen LogP contribution in [0, 0.1) is 11.8 Å². The van der Waals surface area contributed by atoms with Crippen LogP contribution >= 0.6 is 0 Å². The number of ether oxygens (including phenoxy) is 1. The summed E-state index contributed by atoms with van der Waals surface area (Å²) in [4.78, 5) is 2.67. The summed E-state index contributed by atoms with van der Waals surface area (Å²) in [5.41, 5.74) is 0. The average molecular weight is 284 g/mol. The lowest BCUT2D eigenvalue weighted by molar-refractivity contribution is 0.0440. The molecule has 0 aromatic carbocycles. The Bertz CT molecular complexity index is 245. The molecule has 120 valence electrons. The molecule has 0 spiro atoms. The number of hydrogen-bond donors (Lipinski definition) is 1. The van der Waals surface area contributed by atoms with Crippen molar-refractivity contribution in [2.45, 2.75) is 66.0 Å². The molecule has 0 bridgehead atoms. The van der Waals surface area contributed by atoms with Gasteiger partial charge >= 0.3 is 0 Å². The Labute approximate surface area is 126 Å². The van der Waals surface area contributed by atoms with Crippen LogP contribution in [0.3, 0.4) is 0 Å². The third kappa shape index (κ3) is 6.11. The molecule has 0 aromatic heterocycles. The second-order valence-corrected chi connectivity index (χ2v) is 6.79. The van der Waals surface area contributed by atoms with E-state index in [2.05, 4.69) is 44.8 Å². The first-order valence-electron chi connectivity index (χ1n) is 8.63. The maximum Gasteiger partial charge on any atom is 0.0593 e. The molecule has 3 heteroatoms. The molecule has 1 aliphatic heterocycles. The molecule has 1 heterocycles. The zero-order valence-corrected chi connectivity index (χ0v) is 14.3. The molecule has 1 fully saturated rings. The Kier molecular flexibility index (Phi) is 8.74. The van der Waals surface area contributed by atoms with Crippen molar-refractivity contribution in [3.05, 3.63) is 0 Å². The van der Waals surface area contributed by atoms with Gasteiger partial charge in [0.1, 0.15) is 0 Å². The predicted molar refractivity (Wildman–Crippen MR) is 87.2 cm³/mol. The molecule has 3 atom stereocenters. The van der Waals surface area contributed by atoms with Gasteiger partial charge in [0.05, 0.1) is 6.61 Å². The Balaban J connectivity index is 2.49. The molecule has 0 saturated carbocycles. The highest BCUT2D eigenvalue weighted by molar-refractivity contribution is 4.88. The largest absolute Gasteiger partial charge is 0.380 e. The smallest absolute Gasteiger partial charge is 0.0593 e. The van der Waals surface area contributed by atoms with E-state index in [0.29, 0.717) is 12.1 Å². The van der Waals surface area contributed by atoms with Crippen LogP contribution in [-0.2, 0) is 4.74 Å². The number of rotatable bonds is 9. The highest BCUT2D eigenvalue weighted by Gasteiger charge is 2.30. The van der Waals surface area contributed by atoms with Gasteiger partial charge in [0.25, 0.3) is 0 Å². The van der Waals surface area contributed by atoms with E-state index in [4.69, 9.17) is 4.74 Å². The lowest BCUT2D eigenvalue weighted by Gasteiger charge is -2.43.